The van der Waals surface area contributed by atoms with E-state index in [0.717, 1.165) is 55.6 Å². The van der Waals surface area contributed by atoms with Crippen molar-refractivity contribution >= 4 is 23.2 Å². The molecule has 1 amide bonds. The van der Waals surface area contributed by atoms with Crippen LogP contribution >= 0.6 is 11.6 Å². The van der Waals surface area contributed by atoms with Crippen LogP contribution in [0.25, 0.3) is 0 Å². The molecule has 2 aromatic carbocycles. The SMILES string of the molecule is COc1ccc(N2CCN(C(=O)CCN(C)Cc3cccc(Cl)c3)CC2)cc1. The molecule has 6 heteroatoms. The van der Waals surface area contributed by atoms with Crippen molar-refractivity contribution in [3.63, 3.8) is 0 Å². The van der Waals surface area contributed by atoms with Crippen molar-refractivity contribution in [2.75, 3.05) is 51.8 Å². The van der Waals surface area contributed by atoms with Gasteiger partial charge in [0.2, 0.25) is 5.91 Å². The number of methoxy groups -OCH3 is 1. The minimum atomic E-state index is 0.229. The summed E-state index contributed by atoms with van der Waals surface area (Å²) >= 11 is 6.04. The zero-order valence-corrected chi connectivity index (χ0v) is 17.4. The maximum Gasteiger partial charge on any atom is 0.223 e. The van der Waals surface area contributed by atoms with E-state index in [0.29, 0.717) is 6.42 Å². The lowest BCUT2D eigenvalue weighted by atomic mass is 10.2. The third kappa shape index (κ3) is 5.63. The number of nitrogens with zero attached hydrogens (tertiary/aromatic N) is 3. The van der Waals surface area contributed by atoms with Crippen LogP contribution in [0.1, 0.15) is 12.0 Å². The van der Waals surface area contributed by atoms with Crippen molar-refractivity contribution in [2.45, 2.75) is 13.0 Å². The summed E-state index contributed by atoms with van der Waals surface area (Å²) in [7, 11) is 3.71. The van der Waals surface area contributed by atoms with Crippen molar-refractivity contribution < 1.29 is 9.53 Å². The van der Waals surface area contributed by atoms with Crippen LogP contribution in [-0.2, 0) is 11.3 Å². The normalized spacial score (nSPS) is 14.4. The number of carbonyl (C=O) groups excluding carboxylic acids is 1. The molecule has 0 radical (unpaired) electrons. The lowest BCUT2D eigenvalue weighted by Crippen LogP contribution is -2.49. The number of hydrogen-bond acceptors (Lipinski definition) is 4. The highest BCUT2D eigenvalue weighted by molar-refractivity contribution is 6.30. The van der Waals surface area contributed by atoms with E-state index < -0.39 is 0 Å². The van der Waals surface area contributed by atoms with Gasteiger partial charge in [-0.3, -0.25) is 4.79 Å². The molecule has 1 aliphatic rings. The summed E-state index contributed by atoms with van der Waals surface area (Å²) in [6.45, 7) is 4.78. The van der Waals surface area contributed by atoms with E-state index in [1.165, 1.54) is 5.69 Å². The van der Waals surface area contributed by atoms with Gasteiger partial charge >= 0.3 is 0 Å². The van der Waals surface area contributed by atoms with Crippen LogP contribution in [0.15, 0.2) is 48.5 Å². The Kier molecular flexibility index (Phi) is 7.18. The van der Waals surface area contributed by atoms with Crippen LogP contribution in [0.3, 0.4) is 0 Å². The standard InChI is InChI=1S/C22H28ClN3O2/c1-24(17-18-4-3-5-19(23)16-18)11-10-22(27)26-14-12-25(13-15-26)20-6-8-21(28-2)9-7-20/h3-9,16H,10-15,17H2,1-2H3. The number of ether oxygens (including phenoxy) is 1. The molecule has 0 aliphatic carbocycles. The van der Waals surface area contributed by atoms with Gasteiger partial charge in [0.15, 0.2) is 0 Å². The molecule has 1 saturated heterocycles. The molecule has 0 spiro atoms. The molecule has 0 aromatic heterocycles. The second kappa shape index (κ2) is 9.80. The van der Waals surface area contributed by atoms with Crippen LogP contribution < -0.4 is 9.64 Å². The first-order chi connectivity index (χ1) is 13.5. The first kappa shape index (κ1) is 20.5. The fourth-order valence-corrected chi connectivity index (χ4v) is 3.69. The maximum atomic E-state index is 12.6. The van der Waals surface area contributed by atoms with E-state index in [9.17, 15) is 4.79 Å². The van der Waals surface area contributed by atoms with Gasteiger partial charge in [-0.15, -0.1) is 0 Å². The quantitative estimate of drug-likeness (QED) is 0.711. The number of carbonyl (C=O) groups is 1. The predicted octanol–water partition coefficient (Wildman–Crippen LogP) is 3.52. The lowest BCUT2D eigenvalue weighted by Gasteiger charge is -2.36. The largest absolute Gasteiger partial charge is 0.497 e. The van der Waals surface area contributed by atoms with Crippen molar-refractivity contribution in [1.82, 2.24) is 9.80 Å². The van der Waals surface area contributed by atoms with E-state index >= 15 is 0 Å². The molecule has 2 aromatic rings. The van der Waals surface area contributed by atoms with Gasteiger partial charge in [-0.05, 0) is 49.0 Å². The van der Waals surface area contributed by atoms with Crippen LogP contribution in [0.2, 0.25) is 5.02 Å². The Bertz CT molecular complexity index is 774. The Hall–Kier alpha value is -2.24. The lowest BCUT2D eigenvalue weighted by molar-refractivity contribution is -0.131. The fraction of sp³-hybridized carbons (Fsp3) is 0.409. The molecule has 1 fully saturated rings. The number of amides is 1. The second-order valence-electron chi connectivity index (χ2n) is 7.18. The van der Waals surface area contributed by atoms with Gasteiger partial charge in [-0.1, -0.05) is 23.7 Å². The average molecular weight is 402 g/mol. The molecule has 0 bridgehead atoms. The minimum absolute atomic E-state index is 0.229. The van der Waals surface area contributed by atoms with Gasteiger partial charge in [0.05, 0.1) is 7.11 Å². The zero-order chi connectivity index (χ0) is 19.9. The molecule has 0 unspecified atom stereocenters. The highest BCUT2D eigenvalue weighted by Crippen LogP contribution is 2.20. The topological polar surface area (TPSA) is 36.0 Å². The summed E-state index contributed by atoms with van der Waals surface area (Å²) in [5, 5.41) is 0.747. The number of rotatable bonds is 7. The maximum absolute atomic E-state index is 12.6. The molecule has 1 aliphatic heterocycles. The molecule has 150 valence electrons. The molecular weight excluding hydrogens is 374 g/mol. The number of piperazine rings is 1. The van der Waals surface area contributed by atoms with Crippen molar-refractivity contribution in [3.05, 3.63) is 59.1 Å². The first-order valence-electron chi connectivity index (χ1n) is 9.65. The molecule has 3 rings (SSSR count). The van der Waals surface area contributed by atoms with Crippen molar-refractivity contribution in [3.8, 4) is 5.75 Å². The number of halogens is 1. The number of hydrogen-bond donors (Lipinski definition) is 0. The van der Waals surface area contributed by atoms with Gasteiger partial charge in [0, 0.05) is 56.4 Å². The average Bonchev–Trinajstić information content (AvgIpc) is 2.72. The number of benzene rings is 2. The van der Waals surface area contributed by atoms with Crippen LogP contribution in [0.4, 0.5) is 5.69 Å². The Morgan fingerprint density at radius 3 is 2.46 bits per heavy atom. The summed E-state index contributed by atoms with van der Waals surface area (Å²) in [4.78, 5) is 19.0. The smallest absolute Gasteiger partial charge is 0.223 e. The van der Waals surface area contributed by atoms with Gasteiger partial charge in [-0.2, -0.15) is 0 Å². The third-order valence-electron chi connectivity index (χ3n) is 5.12. The molecular formula is C22H28ClN3O2. The van der Waals surface area contributed by atoms with Gasteiger partial charge in [0.1, 0.15) is 5.75 Å². The molecule has 0 atom stereocenters. The van der Waals surface area contributed by atoms with Gasteiger partial charge < -0.3 is 19.4 Å². The molecule has 28 heavy (non-hydrogen) atoms. The monoisotopic (exact) mass is 401 g/mol. The minimum Gasteiger partial charge on any atom is -0.497 e. The van der Waals surface area contributed by atoms with Crippen molar-refractivity contribution in [2.24, 2.45) is 0 Å². The Morgan fingerprint density at radius 1 is 1.11 bits per heavy atom. The Balaban J connectivity index is 1.42. The third-order valence-corrected chi connectivity index (χ3v) is 5.35. The Morgan fingerprint density at radius 2 is 1.82 bits per heavy atom. The molecule has 0 saturated carbocycles. The van der Waals surface area contributed by atoms with E-state index in [-0.39, 0.29) is 5.91 Å². The Labute approximate surface area is 172 Å². The van der Waals surface area contributed by atoms with E-state index in [2.05, 4.69) is 28.0 Å². The first-order valence-corrected chi connectivity index (χ1v) is 10.0. The van der Waals surface area contributed by atoms with E-state index in [1.807, 2.05) is 42.3 Å². The van der Waals surface area contributed by atoms with Crippen molar-refractivity contribution in [1.29, 1.82) is 0 Å². The van der Waals surface area contributed by atoms with E-state index in [1.54, 1.807) is 7.11 Å². The molecule has 5 nitrogen and oxygen atoms in total. The summed E-state index contributed by atoms with van der Waals surface area (Å²) in [6, 6.07) is 16.0. The fourth-order valence-electron chi connectivity index (χ4n) is 3.48. The number of anilines is 1. The predicted molar refractivity (Wildman–Crippen MR) is 114 cm³/mol. The van der Waals surface area contributed by atoms with E-state index in [4.69, 9.17) is 16.3 Å². The highest BCUT2D eigenvalue weighted by atomic mass is 35.5. The van der Waals surface area contributed by atoms with Gasteiger partial charge in [0.25, 0.3) is 0 Å². The molecule has 0 N–H and O–H groups in total. The van der Waals surface area contributed by atoms with Gasteiger partial charge in [-0.25, -0.2) is 0 Å². The highest BCUT2D eigenvalue weighted by Gasteiger charge is 2.21. The van der Waals surface area contributed by atoms with Crippen LogP contribution in [0, 0.1) is 0 Å². The zero-order valence-electron chi connectivity index (χ0n) is 16.6. The summed E-state index contributed by atoms with van der Waals surface area (Å²) in [5.74, 6) is 1.09. The molecule has 1 heterocycles. The van der Waals surface area contributed by atoms with Crippen LogP contribution in [-0.4, -0.2) is 62.6 Å². The second-order valence-corrected chi connectivity index (χ2v) is 7.62. The summed E-state index contributed by atoms with van der Waals surface area (Å²) in [5.41, 5.74) is 2.34. The van der Waals surface area contributed by atoms with Crippen LogP contribution in [0.5, 0.6) is 5.75 Å². The summed E-state index contributed by atoms with van der Waals surface area (Å²) in [6.07, 6.45) is 0.541. The summed E-state index contributed by atoms with van der Waals surface area (Å²) < 4.78 is 5.21.